The van der Waals surface area contributed by atoms with Crippen LogP contribution in [0.1, 0.15) is 16.9 Å². The first-order valence-corrected chi connectivity index (χ1v) is 9.52. The quantitative estimate of drug-likeness (QED) is 0.460. The van der Waals surface area contributed by atoms with E-state index in [0.29, 0.717) is 6.54 Å². The zero-order valence-corrected chi connectivity index (χ0v) is 16.2. The number of thiophene rings is 1. The summed E-state index contributed by atoms with van der Waals surface area (Å²) in [5.41, 5.74) is 3.46. The van der Waals surface area contributed by atoms with Crippen molar-refractivity contribution >= 4 is 39.2 Å². The number of amides is 1. The van der Waals surface area contributed by atoms with Crippen molar-refractivity contribution in [3.05, 3.63) is 41.0 Å². The summed E-state index contributed by atoms with van der Waals surface area (Å²) in [7, 11) is 0. The van der Waals surface area contributed by atoms with Crippen LogP contribution in [0.25, 0.3) is 21.3 Å². The molecule has 3 N–H and O–H groups in total. The number of benzene rings is 1. The van der Waals surface area contributed by atoms with Gasteiger partial charge in [-0.25, -0.2) is 9.97 Å². The number of aryl methyl sites for hydroxylation is 2. The number of fused-ring (bicyclic) bond motifs is 1. The van der Waals surface area contributed by atoms with Crippen molar-refractivity contribution in [1.82, 2.24) is 30.6 Å². The Morgan fingerprint density at radius 1 is 1.18 bits per heavy atom. The van der Waals surface area contributed by atoms with Crippen molar-refractivity contribution in [3.63, 3.8) is 0 Å². The van der Waals surface area contributed by atoms with E-state index in [1.54, 1.807) is 17.7 Å². The first-order valence-electron chi connectivity index (χ1n) is 8.70. The molecule has 0 fully saturated rings. The molecule has 1 amide bonds. The number of H-pyrrole nitrogens is 1. The van der Waals surface area contributed by atoms with Gasteiger partial charge in [0.2, 0.25) is 5.91 Å². The maximum Gasteiger partial charge on any atom is 0.269 e. The second-order valence-electron chi connectivity index (χ2n) is 6.26. The number of hydrogen-bond donors (Lipinski definition) is 3. The molecule has 0 spiro atoms. The molecule has 10 heteroatoms. The Bertz CT molecular complexity index is 1100. The molecule has 0 saturated carbocycles. The summed E-state index contributed by atoms with van der Waals surface area (Å²) in [6, 6.07) is 8.41. The Labute approximate surface area is 164 Å². The summed E-state index contributed by atoms with van der Waals surface area (Å²) >= 11 is 1.64. The van der Waals surface area contributed by atoms with Crippen LogP contribution in [0.2, 0.25) is 0 Å². The van der Waals surface area contributed by atoms with Crippen LogP contribution in [0.4, 0.5) is 11.8 Å². The topological polar surface area (TPSA) is 121 Å². The van der Waals surface area contributed by atoms with Gasteiger partial charge in [-0.15, -0.1) is 16.4 Å². The maximum atomic E-state index is 12.0. The van der Waals surface area contributed by atoms with Gasteiger partial charge in [0.15, 0.2) is 0 Å². The smallest absolute Gasteiger partial charge is 0.269 e. The normalized spacial score (nSPS) is 10.9. The highest BCUT2D eigenvalue weighted by Gasteiger charge is 2.17. The summed E-state index contributed by atoms with van der Waals surface area (Å²) < 4.78 is 0. The average molecular weight is 394 g/mol. The van der Waals surface area contributed by atoms with Crippen molar-refractivity contribution in [2.45, 2.75) is 20.3 Å². The molecule has 142 valence electrons. The Balaban J connectivity index is 1.55. The molecule has 0 aliphatic heterocycles. The number of aromatic nitrogens is 6. The molecule has 4 aromatic rings. The Morgan fingerprint density at radius 3 is 2.75 bits per heavy atom. The van der Waals surface area contributed by atoms with Crippen molar-refractivity contribution < 1.29 is 4.79 Å². The third-order valence-corrected chi connectivity index (χ3v) is 5.26. The molecule has 0 aliphatic rings. The molecule has 0 radical (unpaired) electrons. The largest absolute Gasteiger partial charge is 0.369 e. The van der Waals surface area contributed by atoms with Gasteiger partial charge >= 0.3 is 0 Å². The number of carbonyl (C=O) groups is 1. The maximum absolute atomic E-state index is 12.0. The molecule has 3 heterocycles. The first kappa shape index (κ1) is 18.0. The number of hydrogen-bond acceptors (Lipinski definition) is 8. The summed E-state index contributed by atoms with van der Waals surface area (Å²) in [4.78, 5) is 22.9. The van der Waals surface area contributed by atoms with Gasteiger partial charge in [0.1, 0.15) is 17.0 Å². The van der Waals surface area contributed by atoms with Crippen LogP contribution >= 0.6 is 11.3 Å². The molecule has 0 atom stereocenters. The monoisotopic (exact) mass is 394 g/mol. The van der Waals surface area contributed by atoms with Crippen molar-refractivity contribution in [3.8, 4) is 11.1 Å². The molecule has 28 heavy (non-hydrogen) atoms. The highest BCUT2D eigenvalue weighted by Crippen LogP contribution is 2.40. The van der Waals surface area contributed by atoms with Gasteiger partial charge in [0, 0.05) is 23.4 Å². The number of nitrogens with zero attached hydrogens (tertiary/aromatic N) is 5. The van der Waals surface area contributed by atoms with Gasteiger partial charge < -0.3 is 5.32 Å². The van der Waals surface area contributed by atoms with Crippen LogP contribution in [0.5, 0.6) is 0 Å². The lowest BCUT2D eigenvalue weighted by Crippen LogP contribution is -2.17. The minimum Gasteiger partial charge on any atom is -0.369 e. The molecule has 4 rings (SSSR count). The van der Waals surface area contributed by atoms with Gasteiger partial charge in [-0.1, -0.05) is 34.9 Å². The number of aromatic amines is 1. The minimum atomic E-state index is -0.209. The van der Waals surface area contributed by atoms with Crippen LogP contribution in [-0.4, -0.2) is 43.0 Å². The molecule has 0 bridgehead atoms. The lowest BCUT2D eigenvalue weighted by atomic mass is 10.0. The second kappa shape index (κ2) is 7.69. The zero-order chi connectivity index (χ0) is 19.5. The van der Waals surface area contributed by atoms with E-state index in [0.717, 1.165) is 27.2 Å². The van der Waals surface area contributed by atoms with Crippen molar-refractivity contribution in [2.24, 2.45) is 0 Å². The van der Waals surface area contributed by atoms with Crippen molar-refractivity contribution in [1.29, 1.82) is 0 Å². The van der Waals surface area contributed by atoms with Crippen molar-refractivity contribution in [2.75, 3.05) is 17.2 Å². The summed E-state index contributed by atoms with van der Waals surface area (Å²) in [6.45, 7) is 4.57. The SMILES string of the molecule is Cc1ccc(-c2c(C)sc3ncnc(NCCC(=O)Nc4nn[nH]n4)c23)cc1. The van der Waals surface area contributed by atoms with E-state index >= 15 is 0 Å². The van der Waals surface area contributed by atoms with E-state index < -0.39 is 0 Å². The lowest BCUT2D eigenvalue weighted by molar-refractivity contribution is -0.116. The number of tetrazole rings is 1. The van der Waals surface area contributed by atoms with Crippen LogP contribution < -0.4 is 10.6 Å². The Kier molecular flexibility index (Phi) is 4.94. The predicted octanol–water partition coefficient (Wildman–Crippen LogP) is 2.93. The van der Waals surface area contributed by atoms with E-state index in [-0.39, 0.29) is 18.3 Å². The third kappa shape index (κ3) is 3.67. The zero-order valence-electron chi connectivity index (χ0n) is 15.4. The van der Waals surface area contributed by atoms with E-state index in [4.69, 9.17) is 0 Å². The molecule has 0 aliphatic carbocycles. The fourth-order valence-corrected chi connectivity index (χ4v) is 3.96. The number of carbonyl (C=O) groups excluding carboxylic acids is 1. The van der Waals surface area contributed by atoms with Crippen LogP contribution in [0.3, 0.4) is 0 Å². The third-order valence-electron chi connectivity index (χ3n) is 4.25. The summed E-state index contributed by atoms with van der Waals surface area (Å²) in [5, 5.41) is 19.9. The molecule has 0 unspecified atom stereocenters. The first-order chi connectivity index (χ1) is 13.6. The highest BCUT2D eigenvalue weighted by molar-refractivity contribution is 7.19. The van der Waals surface area contributed by atoms with Gasteiger partial charge in [-0.2, -0.15) is 5.21 Å². The Morgan fingerprint density at radius 2 is 2.00 bits per heavy atom. The molecule has 9 nitrogen and oxygen atoms in total. The van der Waals surface area contributed by atoms with Gasteiger partial charge in [0.05, 0.1) is 5.39 Å². The van der Waals surface area contributed by atoms with E-state index in [1.165, 1.54) is 10.4 Å². The summed E-state index contributed by atoms with van der Waals surface area (Å²) in [5.74, 6) is 0.668. The Hall–Kier alpha value is -3.40. The lowest BCUT2D eigenvalue weighted by Gasteiger charge is -2.09. The molecule has 1 aromatic carbocycles. The molecule has 3 aromatic heterocycles. The number of nitrogens with one attached hydrogen (secondary N) is 3. The summed E-state index contributed by atoms with van der Waals surface area (Å²) in [6.07, 6.45) is 1.78. The number of anilines is 2. The van der Waals surface area contributed by atoms with Crippen LogP contribution in [0.15, 0.2) is 30.6 Å². The van der Waals surface area contributed by atoms with Crippen LogP contribution in [-0.2, 0) is 4.79 Å². The van der Waals surface area contributed by atoms with Gasteiger partial charge in [0.25, 0.3) is 5.95 Å². The average Bonchev–Trinajstić information content (AvgIpc) is 3.30. The van der Waals surface area contributed by atoms with Gasteiger partial charge in [-0.3, -0.25) is 10.1 Å². The van der Waals surface area contributed by atoms with E-state index in [2.05, 4.69) is 79.3 Å². The van der Waals surface area contributed by atoms with E-state index in [9.17, 15) is 4.79 Å². The fraction of sp³-hybridized carbons (Fsp3) is 0.222. The minimum absolute atomic E-state index is 0.157. The molecule has 0 saturated heterocycles. The van der Waals surface area contributed by atoms with E-state index in [1.807, 2.05) is 0 Å². The molecular weight excluding hydrogens is 376 g/mol. The number of rotatable bonds is 6. The second-order valence-corrected chi connectivity index (χ2v) is 7.47. The molecular formula is C18H18N8OS. The standard InChI is InChI=1S/C18H18N8OS/c1-10-3-5-12(6-4-10)14-11(2)28-17-15(14)16(20-9-21-17)19-8-7-13(27)22-18-23-25-26-24-18/h3-6,9H,7-8H2,1-2H3,(H,19,20,21)(H2,22,23,24,25,26,27). The van der Waals surface area contributed by atoms with Crippen LogP contribution in [0, 0.1) is 13.8 Å². The predicted molar refractivity (Wildman–Crippen MR) is 108 cm³/mol. The van der Waals surface area contributed by atoms with Gasteiger partial charge in [-0.05, 0) is 24.6 Å². The highest BCUT2D eigenvalue weighted by atomic mass is 32.1. The fourth-order valence-electron chi connectivity index (χ4n) is 2.94.